The maximum Gasteiger partial charge on any atom is 0.265 e. The summed E-state index contributed by atoms with van der Waals surface area (Å²) in [4.78, 5) is 11.3. The molecule has 0 saturated carbocycles. The molecule has 0 aromatic heterocycles. The van der Waals surface area contributed by atoms with Crippen LogP contribution in [0.4, 0.5) is 8.78 Å². The highest BCUT2D eigenvalue weighted by atomic mass is 35.5. The van der Waals surface area contributed by atoms with Crippen molar-refractivity contribution in [2.45, 2.75) is 19.0 Å². The van der Waals surface area contributed by atoms with Crippen LogP contribution in [0.2, 0.25) is 5.02 Å². The summed E-state index contributed by atoms with van der Waals surface area (Å²) in [6, 6.07) is 6.78. The van der Waals surface area contributed by atoms with Gasteiger partial charge in [0.25, 0.3) is 6.43 Å². The van der Waals surface area contributed by atoms with Gasteiger partial charge in [-0.2, -0.15) is 0 Å². The predicted molar refractivity (Wildman–Crippen MR) is 66.6 cm³/mol. The van der Waals surface area contributed by atoms with Gasteiger partial charge in [0.05, 0.1) is 18.1 Å². The minimum atomic E-state index is -2.88. The van der Waals surface area contributed by atoms with E-state index in [9.17, 15) is 13.6 Å². The Hall–Kier alpha value is -1.40. The van der Waals surface area contributed by atoms with E-state index < -0.39 is 25.0 Å². The van der Waals surface area contributed by atoms with Gasteiger partial charge in [-0.1, -0.05) is 23.7 Å². The molecule has 0 aliphatic carbocycles. The molecule has 0 spiro atoms. The quantitative estimate of drug-likeness (QED) is 0.807. The summed E-state index contributed by atoms with van der Waals surface area (Å²) in [6.07, 6.45) is -4.74. The molecule has 1 aromatic rings. The topological polar surface area (TPSA) is 58.6 Å². The van der Waals surface area contributed by atoms with Crippen molar-refractivity contribution < 1.29 is 23.4 Å². The van der Waals surface area contributed by atoms with Gasteiger partial charge in [0.2, 0.25) is 5.91 Å². The van der Waals surface area contributed by atoms with Gasteiger partial charge in [-0.3, -0.25) is 4.79 Å². The van der Waals surface area contributed by atoms with Crippen molar-refractivity contribution >= 4 is 17.5 Å². The Kier molecular flexibility index (Phi) is 6.52. The normalized spacial score (nSPS) is 12.3. The van der Waals surface area contributed by atoms with Crippen molar-refractivity contribution in [2.75, 3.05) is 13.2 Å². The number of alkyl halides is 2. The summed E-state index contributed by atoms with van der Waals surface area (Å²) in [5.74, 6) is -0.0312. The highest BCUT2D eigenvalue weighted by Gasteiger charge is 2.17. The Morgan fingerprint density at radius 2 is 2.11 bits per heavy atom. The second kappa shape index (κ2) is 7.91. The van der Waals surface area contributed by atoms with Crippen molar-refractivity contribution in [1.29, 1.82) is 0 Å². The maximum absolute atomic E-state index is 12.0. The Morgan fingerprint density at radius 1 is 1.42 bits per heavy atom. The average molecular weight is 294 g/mol. The first kappa shape index (κ1) is 15.7. The van der Waals surface area contributed by atoms with Crippen LogP contribution in [0.25, 0.3) is 0 Å². The van der Waals surface area contributed by atoms with E-state index in [-0.39, 0.29) is 13.0 Å². The molecular formula is C12H14ClF2NO3. The number of aliphatic hydroxyl groups is 1. The minimum absolute atomic E-state index is 0.0127. The molecule has 0 aliphatic rings. The van der Waals surface area contributed by atoms with Crippen LogP contribution >= 0.6 is 11.6 Å². The first-order valence-electron chi connectivity index (χ1n) is 5.61. The first-order chi connectivity index (χ1) is 9.00. The number of aliphatic hydroxyl groups excluding tert-OH is 1. The highest BCUT2D eigenvalue weighted by Crippen LogP contribution is 2.22. The zero-order chi connectivity index (χ0) is 14.3. The van der Waals surface area contributed by atoms with Gasteiger partial charge in [-0.15, -0.1) is 0 Å². The fraction of sp³-hybridized carbons (Fsp3) is 0.417. The van der Waals surface area contributed by atoms with Crippen molar-refractivity contribution in [3.05, 3.63) is 29.3 Å². The van der Waals surface area contributed by atoms with Gasteiger partial charge < -0.3 is 15.2 Å². The van der Waals surface area contributed by atoms with Gasteiger partial charge in [0.1, 0.15) is 11.9 Å². The lowest BCUT2D eigenvalue weighted by atomic mass is 10.3. The molecule has 0 saturated heterocycles. The second-order valence-electron chi connectivity index (χ2n) is 3.73. The van der Waals surface area contributed by atoms with E-state index in [1.807, 2.05) is 0 Å². The molecule has 0 heterocycles. The number of rotatable bonds is 7. The molecule has 1 rings (SSSR count). The molecule has 106 valence electrons. The van der Waals surface area contributed by atoms with Gasteiger partial charge >= 0.3 is 0 Å². The third-order valence-electron chi connectivity index (χ3n) is 2.22. The summed E-state index contributed by atoms with van der Waals surface area (Å²) >= 11 is 5.84. The number of amides is 1. The monoisotopic (exact) mass is 293 g/mol. The summed E-state index contributed by atoms with van der Waals surface area (Å²) in [6.45, 7) is -0.414. The number of nitrogens with one attached hydrogen (secondary N) is 1. The molecule has 1 unspecified atom stereocenters. The molecule has 1 amide bonds. The average Bonchev–Trinajstić information content (AvgIpc) is 2.38. The van der Waals surface area contributed by atoms with Gasteiger partial charge in [0, 0.05) is 6.54 Å². The van der Waals surface area contributed by atoms with Crippen LogP contribution in [-0.4, -0.2) is 36.7 Å². The van der Waals surface area contributed by atoms with E-state index in [4.69, 9.17) is 21.4 Å². The van der Waals surface area contributed by atoms with E-state index in [2.05, 4.69) is 5.32 Å². The van der Waals surface area contributed by atoms with Crippen LogP contribution in [0.5, 0.6) is 5.75 Å². The lowest BCUT2D eigenvalue weighted by Gasteiger charge is -2.11. The standard InChI is InChI=1S/C12H14ClF2NO3/c13-8-3-1-2-4-10(8)19-6-5-11(18)16-7-9(17)12(14)15/h1-4,9,12,17H,5-7H2,(H,16,18). The molecule has 0 aliphatic heterocycles. The lowest BCUT2D eigenvalue weighted by Crippen LogP contribution is -2.36. The fourth-order valence-electron chi connectivity index (χ4n) is 1.21. The molecule has 0 bridgehead atoms. The molecule has 19 heavy (non-hydrogen) atoms. The molecule has 1 atom stereocenters. The molecule has 2 N–H and O–H groups in total. The van der Waals surface area contributed by atoms with Crippen molar-refractivity contribution in [2.24, 2.45) is 0 Å². The number of carbonyl (C=O) groups excluding carboxylic acids is 1. The van der Waals surface area contributed by atoms with E-state index in [0.717, 1.165) is 0 Å². The molecule has 1 aromatic carbocycles. The SMILES string of the molecule is O=C(CCOc1ccccc1Cl)NCC(O)C(F)F. The van der Waals surface area contributed by atoms with Crippen LogP contribution in [0.3, 0.4) is 0 Å². The van der Waals surface area contributed by atoms with E-state index in [0.29, 0.717) is 10.8 Å². The number of carbonyl (C=O) groups is 1. The largest absolute Gasteiger partial charge is 0.491 e. The Labute approximate surface area is 114 Å². The third-order valence-corrected chi connectivity index (χ3v) is 2.53. The number of hydrogen-bond acceptors (Lipinski definition) is 3. The number of ether oxygens (including phenoxy) is 1. The number of benzene rings is 1. The van der Waals surface area contributed by atoms with E-state index >= 15 is 0 Å². The van der Waals surface area contributed by atoms with Crippen molar-refractivity contribution in [3.8, 4) is 5.75 Å². The molecule has 4 nitrogen and oxygen atoms in total. The van der Waals surface area contributed by atoms with Crippen LogP contribution in [0.1, 0.15) is 6.42 Å². The highest BCUT2D eigenvalue weighted by molar-refractivity contribution is 6.32. The molecule has 7 heteroatoms. The third kappa shape index (κ3) is 5.85. The van der Waals surface area contributed by atoms with Crippen LogP contribution in [0, 0.1) is 0 Å². The predicted octanol–water partition coefficient (Wildman–Crippen LogP) is 1.85. The number of hydrogen-bond donors (Lipinski definition) is 2. The smallest absolute Gasteiger partial charge is 0.265 e. The zero-order valence-electron chi connectivity index (χ0n) is 9.98. The number of para-hydroxylation sites is 1. The zero-order valence-corrected chi connectivity index (χ0v) is 10.7. The fourth-order valence-corrected chi connectivity index (χ4v) is 1.40. The summed E-state index contributed by atoms with van der Waals surface area (Å²) in [5.41, 5.74) is 0. The van der Waals surface area contributed by atoms with Crippen molar-refractivity contribution in [1.82, 2.24) is 5.32 Å². The number of halogens is 3. The lowest BCUT2D eigenvalue weighted by molar-refractivity contribution is -0.122. The maximum atomic E-state index is 12.0. The second-order valence-corrected chi connectivity index (χ2v) is 4.14. The molecule has 0 fully saturated rings. The molecular weight excluding hydrogens is 280 g/mol. The van der Waals surface area contributed by atoms with Gasteiger partial charge in [0.15, 0.2) is 0 Å². The summed E-state index contributed by atoms with van der Waals surface area (Å²) in [7, 11) is 0. The Morgan fingerprint density at radius 3 is 2.74 bits per heavy atom. The van der Waals surface area contributed by atoms with Crippen LogP contribution < -0.4 is 10.1 Å². The van der Waals surface area contributed by atoms with Gasteiger partial charge in [-0.05, 0) is 12.1 Å². The first-order valence-corrected chi connectivity index (χ1v) is 5.98. The summed E-state index contributed by atoms with van der Waals surface area (Å²) in [5, 5.41) is 11.4. The Bertz CT molecular complexity index is 418. The minimum Gasteiger partial charge on any atom is -0.491 e. The van der Waals surface area contributed by atoms with Gasteiger partial charge in [-0.25, -0.2) is 8.78 Å². The van der Waals surface area contributed by atoms with Crippen LogP contribution in [-0.2, 0) is 4.79 Å². The van der Waals surface area contributed by atoms with E-state index in [1.165, 1.54) is 0 Å². The summed E-state index contributed by atoms with van der Waals surface area (Å²) < 4.78 is 29.2. The Balaban J connectivity index is 2.23. The molecule has 0 radical (unpaired) electrons. The van der Waals surface area contributed by atoms with Crippen molar-refractivity contribution in [3.63, 3.8) is 0 Å². The van der Waals surface area contributed by atoms with E-state index in [1.54, 1.807) is 24.3 Å². The van der Waals surface area contributed by atoms with Crippen LogP contribution in [0.15, 0.2) is 24.3 Å².